The van der Waals surface area contributed by atoms with E-state index in [4.69, 9.17) is 4.74 Å². The monoisotopic (exact) mass is 230 g/mol. The van der Waals surface area contributed by atoms with Crippen molar-refractivity contribution in [1.29, 1.82) is 0 Å². The number of Topliss-reactive ketones (excluding diaryl/α,β-unsaturated/α-hetero) is 1. The molecule has 1 aliphatic rings. The van der Waals surface area contributed by atoms with Gasteiger partial charge < -0.3 is 4.74 Å². The van der Waals surface area contributed by atoms with Gasteiger partial charge in [-0.1, -0.05) is 0 Å². The van der Waals surface area contributed by atoms with Gasteiger partial charge in [0.05, 0.1) is 6.61 Å². The number of alkyl halides is 3. The number of rotatable bonds is 2. The third-order valence-corrected chi connectivity index (χ3v) is 2.37. The lowest BCUT2D eigenvalue weighted by molar-refractivity contribution is -0.125. The summed E-state index contributed by atoms with van der Waals surface area (Å²) < 4.78 is 41.3. The molecule has 0 fully saturated rings. The van der Waals surface area contributed by atoms with Crippen LogP contribution in [0.25, 0.3) is 0 Å². The van der Waals surface area contributed by atoms with E-state index in [0.717, 1.165) is 5.56 Å². The highest BCUT2D eigenvalue weighted by atomic mass is 19.4. The van der Waals surface area contributed by atoms with Crippen molar-refractivity contribution < 1.29 is 22.7 Å². The van der Waals surface area contributed by atoms with Crippen molar-refractivity contribution in [2.24, 2.45) is 0 Å². The molecule has 1 aliphatic heterocycles. The Morgan fingerprint density at radius 1 is 1.38 bits per heavy atom. The maximum Gasteiger partial charge on any atom is 0.396 e. The van der Waals surface area contributed by atoms with Gasteiger partial charge in [-0.05, 0) is 23.8 Å². The van der Waals surface area contributed by atoms with Crippen LogP contribution >= 0.6 is 0 Å². The number of ether oxygens (including phenoxy) is 1. The van der Waals surface area contributed by atoms with Crippen molar-refractivity contribution in [3.05, 3.63) is 29.3 Å². The van der Waals surface area contributed by atoms with Crippen molar-refractivity contribution in [3.63, 3.8) is 0 Å². The average Bonchev–Trinajstić information content (AvgIpc) is 2.61. The highest BCUT2D eigenvalue weighted by Gasteiger charge is 2.31. The van der Waals surface area contributed by atoms with Crippen LogP contribution in [0.3, 0.4) is 0 Å². The van der Waals surface area contributed by atoms with Crippen LogP contribution in [0.5, 0.6) is 5.75 Å². The standard InChI is InChI=1S/C11H9F3O2/c12-11(13,14)6-9(15)7-1-2-10-8(5-7)3-4-16-10/h1-2,5H,3-4,6H2. The molecular formula is C11H9F3O2. The third kappa shape index (κ3) is 2.35. The highest BCUT2D eigenvalue weighted by Crippen LogP contribution is 2.28. The van der Waals surface area contributed by atoms with Gasteiger partial charge in [0.1, 0.15) is 12.2 Å². The maximum atomic E-state index is 12.0. The number of hydrogen-bond donors (Lipinski definition) is 0. The topological polar surface area (TPSA) is 26.3 Å². The van der Waals surface area contributed by atoms with Crippen LogP contribution in [0.2, 0.25) is 0 Å². The van der Waals surface area contributed by atoms with Gasteiger partial charge in [-0.2, -0.15) is 13.2 Å². The molecule has 0 saturated heterocycles. The van der Waals surface area contributed by atoms with Gasteiger partial charge in [0.25, 0.3) is 0 Å². The molecule has 0 saturated carbocycles. The minimum Gasteiger partial charge on any atom is -0.493 e. The summed E-state index contributed by atoms with van der Waals surface area (Å²) in [7, 11) is 0. The number of hydrogen-bond acceptors (Lipinski definition) is 2. The van der Waals surface area contributed by atoms with E-state index in [1.807, 2.05) is 0 Å². The molecular weight excluding hydrogens is 221 g/mol. The minimum absolute atomic E-state index is 0.0987. The van der Waals surface area contributed by atoms with E-state index in [0.29, 0.717) is 18.8 Å². The van der Waals surface area contributed by atoms with Gasteiger partial charge in [-0.15, -0.1) is 0 Å². The predicted molar refractivity (Wildman–Crippen MR) is 50.6 cm³/mol. The van der Waals surface area contributed by atoms with Gasteiger partial charge in [-0.3, -0.25) is 4.79 Å². The second-order valence-corrected chi connectivity index (χ2v) is 3.64. The molecule has 0 amide bonds. The van der Waals surface area contributed by atoms with Crippen molar-refractivity contribution in [1.82, 2.24) is 0 Å². The molecule has 0 spiro atoms. The van der Waals surface area contributed by atoms with E-state index in [1.54, 1.807) is 6.07 Å². The summed E-state index contributed by atoms with van der Waals surface area (Å²) in [5, 5.41) is 0. The van der Waals surface area contributed by atoms with E-state index < -0.39 is 18.4 Å². The molecule has 2 rings (SSSR count). The van der Waals surface area contributed by atoms with Crippen LogP contribution in [-0.4, -0.2) is 18.6 Å². The highest BCUT2D eigenvalue weighted by molar-refractivity contribution is 5.96. The lowest BCUT2D eigenvalue weighted by Gasteiger charge is -2.06. The van der Waals surface area contributed by atoms with Crippen molar-refractivity contribution in [2.45, 2.75) is 19.0 Å². The molecule has 0 aliphatic carbocycles. The van der Waals surface area contributed by atoms with E-state index >= 15 is 0 Å². The lowest BCUT2D eigenvalue weighted by Crippen LogP contribution is -2.15. The number of benzene rings is 1. The Hall–Kier alpha value is -1.52. The van der Waals surface area contributed by atoms with Gasteiger partial charge in [0.2, 0.25) is 0 Å². The quantitative estimate of drug-likeness (QED) is 0.730. The molecule has 5 heteroatoms. The summed E-state index contributed by atoms with van der Waals surface area (Å²) in [4.78, 5) is 11.3. The number of halogens is 3. The van der Waals surface area contributed by atoms with Crippen LogP contribution in [0.1, 0.15) is 22.3 Å². The lowest BCUT2D eigenvalue weighted by atomic mass is 10.0. The molecule has 2 nitrogen and oxygen atoms in total. The zero-order valence-electron chi connectivity index (χ0n) is 8.30. The summed E-state index contributed by atoms with van der Waals surface area (Å²) in [5.41, 5.74) is 0.898. The number of carbonyl (C=O) groups is 1. The van der Waals surface area contributed by atoms with Crippen LogP contribution in [-0.2, 0) is 6.42 Å². The second kappa shape index (κ2) is 3.81. The van der Waals surface area contributed by atoms with E-state index in [-0.39, 0.29) is 5.56 Å². The molecule has 0 radical (unpaired) electrons. The van der Waals surface area contributed by atoms with Gasteiger partial charge in [0.15, 0.2) is 5.78 Å². The SMILES string of the molecule is O=C(CC(F)(F)F)c1ccc2c(c1)CCO2. The van der Waals surface area contributed by atoms with E-state index in [1.165, 1.54) is 12.1 Å². The first-order chi connectivity index (χ1) is 7.46. The first-order valence-corrected chi connectivity index (χ1v) is 4.81. The summed E-state index contributed by atoms with van der Waals surface area (Å²) in [5.74, 6) is -0.245. The maximum absolute atomic E-state index is 12.0. The summed E-state index contributed by atoms with van der Waals surface area (Å²) in [6.45, 7) is 0.520. The smallest absolute Gasteiger partial charge is 0.396 e. The Bertz CT molecular complexity index is 424. The zero-order valence-corrected chi connectivity index (χ0v) is 8.30. The Balaban J connectivity index is 2.19. The fourth-order valence-electron chi connectivity index (χ4n) is 1.64. The molecule has 0 bridgehead atoms. The summed E-state index contributed by atoms with van der Waals surface area (Å²) in [6.07, 6.45) is -5.22. The number of fused-ring (bicyclic) bond motifs is 1. The van der Waals surface area contributed by atoms with Crippen LogP contribution < -0.4 is 4.74 Å². The molecule has 86 valence electrons. The Morgan fingerprint density at radius 3 is 2.81 bits per heavy atom. The fourth-order valence-corrected chi connectivity index (χ4v) is 1.64. The Kier molecular flexibility index (Phi) is 2.61. The summed E-state index contributed by atoms with van der Waals surface area (Å²) >= 11 is 0. The molecule has 0 atom stereocenters. The van der Waals surface area contributed by atoms with Crippen molar-refractivity contribution in [2.75, 3.05) is 6.61 Å². The normalized spacial score (nSPS) is 14.4. The molecule has 1 aromatic rings. The average molecular weight is 230 g/mol. The second-order valence-electron chi connectivity index (χ2n) is 3.64. The summed E-state index contributed by atoms with van der Waals surface area (Å²) in [6, 6.07) is 4.40. The minimum atomic E-state index is -4.45. The van der Waals surface area contributed by atoms with E-state index in [2.05, 4.69) is 0 Å². The Morgan fingerprint density at radius 2 is 2.12 bits per heavy atom. The van der Waals surface area contributed by atoms with Crippen molar-refractivity contribution in [3.8, 4) is 5.75 Å². The molecule has 1 aromatic carbocycles. The van der Waals surface area contributed by atoms with Crippen molar-refractivity contribution >= 4 is 5.78 Å². The van der Waals surface area contributed by atoms with E-state index in [9.17, 15) is 18.0 Å². The van der Waals surface area contributed by atoms with Crippen LogP contribution in [0.15, 0.2) is 18.2 Å². The van der Waals surface area contributed by atoms with Crippen LogP contribution in [0.4, 0.5) is 13.2 Å². The van der Waals surface area contributed by atoms with Gasteiger partial charge in [-0.25, -0.2) is 0 Å². The molecule has 1 heterocycles. The van der Waals surface area contributed by atoms with Crippen LogP contribution in [0, 0.1) is 0 Å². The largest absolute Gasteiger partial charge is 0.493 e. The Labute approximate surface area is 90.0 Å². The molecule has 0 aromatic heterocycles. The van der Waals surface area contributed by atoms with Gasteiger partial charge >= 0.3 is 6.18 Å². The zero-order chi connectivity index (χ0) is 11.8. The number of carbonyl (C=O) groups excluding carboxylic acids is 1. The molecule has 0 unspecified atom stereocenters. The number of ketones is 1. The third-order valence-electron chi connectivity index (χ3n) is 2.37. The van der Waals surface area contributed by atoms with Gasteiger partial charge in [0, 0.05) is 12.0 Å². The molecule has 0 N–H and O–H groups in total. The molecule has 16 heavy (non-hydrogen) atoms. The first-order valence-electron chi connectivity index (χ1n) is 4.81. The first kappa shape index (κ1) is 11.0. The fraction of sp³-hybridized carbons (Fsp3) is 0.364. The predicted octanol–water partition coefficient (Wildman–Crippen LogP) is 2.76.